The molecular formula is C12H12ClN3O. The SMILES string of the molecule is COc1nc(Nc2cccc(Cl)c2)ccc1N. The topological polar surface area (TPSA) is 60.2 Å². The maximum atomic E-state index is 5.89. The first-order valence-corrected chi connectivity index (χ1v) is 5.40. The van der Waals surface area contributed by atoms with Crippen molar-refractivity contribution >= 4 is 28.8 Å². The number of nitrogens with two attached hydrogens (primary N) is 1. The van der Waals surface area contributed by atoms with E-state index in [1.807, 2.05) is 24.3 Å². The second kappa shape index (κ2) is 4.93. The molecule has 0 saturated carbocycles. The molecule has 17 heavy (non-hydrogen) atoms. The molecule has 0 unspecified atom stereocenters. The first-order chi connectivity index (χ1) is 8.19. The minimum atomic E-state index is 0.400. The van der Waals surface area contributed by atoms with Crippen molar-refractivity contribution in [3.05, 3.63) is 41.4 Å². The molecule has 1 heterocycles. The molecule has 88 valence electrons. The average Bonchev–Trinajstić information content (AvgIpc) is 2.32. The number of nitrogen functional groups attached to an aromatic ring is 1. The Kier molecular flexibility index (Phi) is 3.35. The molecule has 5 heteroatoms. The summed E-state index contributed by atoms with van der Waals surface area (Å²) in [6.45, 7) is 0. The van der Waals surface area contributed by atoms with Crippen molar-refractivity contribution in [1.82, 2.24) is 4.98 Å². The highest BCUT2D eigenvalue weighted by Crippen LogP contribution is 2.23. The van der Waals surface area contributed by atoms with Crippen molar-refractivity contribution < 1.29 is 4.74 Å². The number of nitrogens with zero attached hydrogens (tertiary/aromatic N) is 1. The van der Waals surface area contributed by atoms with E-state index in [2.05, 4.69) is 10.3 Å². The second-order valence-electron chi connectivity index (χ2n) is 3.43. The predicted octanol–water partition coefficient (Wildman–Crippen LogP) is 3.07. The van der Waals surface area contributed by atoms with Gasteiger partial charge in [-0.15, -0.1) is 0 Å². The van der Waals surface area contributed by atoms with Gasteiger partial charge in [0.05, 0.1) is 12.8 Å². The molecule has 0 aliphatic heterocycles. The van der Waals surface area contributed by atoms with Crippen molar-refractivity contribution in [2.45, 2.75) is 0 Å². The number of anilines is 3. The van der Waals surface area contributed by atoms with Crippen molar-refractivity contribution in [1.29, 1.82) is 0 Å². The number of pyridine rings is 1. The third-order valence-corrected chi connectivity index (χ3v) is 2.42. The van der Waals surface area contributed by atoms with Crippen molar-refractivity contribution in [2.24, 2.45) is 0 Å². The zero-order valence-electron chi connectivity index (χ0n) is 9.27. The molecule has 1 aromatic heterocycles. The van der Waals surface area contributed by atoms with Gasteiger partial charge >= 0.3 is 0 Å². The molecule has 0 aliphatic carbocycles. The first-order valence-electron chi connectivity index (χ1n) is 5.02. The molecule has 1 aromatic carbocycles. The standard InChI is InChI=1S/C12H12ClN3O/c1-17-12-10(14)5-6-11(16-12)15-9-4-2-3-8(13)7-9/h2-7H,14H2,1H3,(H,15,16). The van der Waals surface area contributed by atoms with Crippen LogP contribution in [0.2, 0.25) is 5.02 Å². The Morgan fingerprint density at radius 1 is 1.29 bits per heavy atom. The summed E-state index contributed by atoms with van der Waals surface area (Å²) in [6, 6.07) is 10.9. The highest BCUT2D eigenvalue weighted by molar-refractivity contribution is 6.30. The quantitative estimate of drug-likeness (QED) is 0.878. The summed E-state index contributed by atoms with van der Waals surface area (Å²) in [5.74, 6) is 1.05. The lowest BCUT2D eigenvalue weighted by Crippen LogP contribution is -1.99. The number of halogens is 1. The monoisotopic (exact) mass is 249 g/mol. The van der Waals surface area contributed by atoms with Gasteiger partial charge in [-0.05, 0) is 30.3 Å². The molecule has 0 fully saturated rings. The smallest absolute Gasteiger partial charge is 0.238 e. The van der Waals surface area contributed by atoms with E-state index in [1.54, 1.807) is 12.1 Å². The molecular weight excluding hydrogens is 238 g/mol. The lowest BCUT2D eigenvalue weighted by Gasteiger charge is -2.08. The van der Waals surface area contributed by atoms with E-state index >= 15 is 0 Å². The van der Waals surface area contributed by atoms with Crippen LogP contribution < -0.4 is 15.8 Å². The lowest BCUT2D eigenvalue weighted by atomic mass is 10.3. The molecule has 0 amide bonds. The van der Waals surface area contributed by atoms with E-state index in [9.17, 15) is 0 Å². The second-order valence-corrected chi connectivity index (χ2v) is 3.87. The van der Waals surface area contributed by atoms with Gasteiger partial charge in [0.1, 0.15) is 5.82 Å². The molecule has 0 radical (unpaired) electrons. The molecule has 2 aromatic rings. The Balaban J connectivity index is 2.24. The highest BCUT2D eigenvalue weighted by atomic mass is 35.5. The Hall–Kier alpha value is -1.94. The van der Waals surface area contributed by atoms with Gasteiger partial charge in [-0.25, -0.2) is 0 Å². The Bertz CT molecular complexity index is 531. The Morgan fingerprint density at radius 2 is 2.12 bits per heavy atom. The lowest BCUT2D eigenvalue weighted by molar-refractivity contribution is 0.401. The fourth-order valence-corrected chi connectivity index (χ4v) is 1.59. The van der Waals surface area contributed by atoms with Crippen LogP contribution in [0.1, 0.15) is 0 Å². The van der Waals surface area contributed by atoms with Crippen LogP contribution in [0.3, 0.4) is 0 Å². The van der Waals surface area contributed by atoms with Crippen LogP contribution >= 0.6 is 11.6 Å². The number of hydrogen-bond donors (Lipinski definition) is 2. The number of methoxy groups -OCH3 is 1. The van der Waals surface area contributed by atoms with Gasteiger partial charge in [-0.2, -0.15) is 4.98 Å². The van der Waals surface area contributed by atoms with E-state index < -0.39 is 0 Å². The third-order valence-electron chi connectivity index (χ3n) is 2.18. The van der Waals surface area contributed by atoms with E-state index in [0.29, 0.717) is 22.4 Å². The molecule has 0 saturated heterocycles. The fraction of sp³-hybridized carbons (Fsp3) is 0.0833. The zero-order valence-corrected chi connectivity index (χ0v) is 10.0. The summed E-state index contributed by atoms with van der Waals surface area (Å²) in [5, 5.41) is 3.78. The van der Waals surface area contributed by atoms with Gasteiger partial charge < -0.3 is 15.8 Å². The number of nitrogens with one attached hydrogen (secondary N) is 1. The number of benzene rings is 1. The van der Waals surface area contributed by atoms with Gasteiger partial charge in [0.15, 0.2) is 0 Å². The normalized spacial score (nSPS) is 10.0. The largest absolute Gasteiger partial charge is 0.479 e. The van der Waals surface area contributed by atoms with Crippen molar-refractivity contribution in [3.8, 4) is 5.88 Å². The van der Waals surface area contributed by atoms with Crippen LogP contribution in [0.25, 0.3) is 0 Å². The maximum Gasteiger partial charge on any atom is 0.238 e. The van der Waals surface area contributed by atoms with Gasteiger partial charge in [0.2, 0.25) is 5.88 Å². The van der Waals surface area contributed by atoms with E-state index in [4.69, 9.17) is 22.1 Å². The molecule has 0 aliphatic rings. The number of aromatic nitrogens is 1. The molecule has 3 N–H and O–H groups in total. The van der Waals surface area contributed by atoms with Crippen LogP contribution in [-0.4, -0.2) is 12.1 Å². The summed E-state index contributed by atoms with van der Waals surface area (Å²) in [6.07, 6.45) is 0. The van der Waals surface area contributed by atoms with Crippen LogP contribution in [0.4, 0.5) is 17.2 Å². The average molecular weight is 250 g/mol. The number of rotatable bonds is 3. The predicted molar refractivity (Wildman–Crippen MR) is 69.9 cm³/mol. The zero-order chi connectivity index (χ0) is 12.3. The van der Waals surface area contributed by atoms with Crippen LogP contribution in [0.15, 0.2) is 36.4 Å². The van der Waals surface area contributed by atoms with E-state index in [0.717, 1.165) is 5.69 Å². The van der Waals surface area contributed by atoms with E-state index in [1.165, 1.54) is 7.11 Å². The van der Waals surface area contributed by atoms with Crippen LogP contribution in [-0.2, 0) is 0 Å². The van der Waals surface area contributed by atoms with Gasteiger partial charge in [0.25, 0.3) is 0 Å². The van der Waals surface area contributed by atoms with Gasteiger partial charge in [-0.1, -0.05) is 17.7 Å². The summed E-state index contributed by atoms with van der Waals surface area (Å²) in [7, 11) is 1.53. The Morgan fingerprint density at radius 3 is 2.82 bits per heavy atom. The Labute approximate surface area is 104 Å². The van der Waals surface area contributed by atoms with Crippen LogP contribution in [0.5, 0.6) is 5.88 Å². The summed E-state index contributed by atoms with van der Waals surface area (Å²) in [5.41, 5.74) is 7.04. The molecule has 0 bridgehead atoms. The maximum absolute atomic E-state index is 5.89. The summed E-state index contributed by atoms with van der Waals surface area (Å²) in [4.78, 5) is 4.21. The summed E-state index contributed by atoms with van der Waals surface area (Å²) < 4.78 is 5.04. The first kappa shape index (κ1) is 11.5. The third kappa shape index (κ3) is 2.79. The number of ether oxygens (including phenoxy) is 1. The molecule has 2 rings (SSSR count). The van der Waals surface area contributed by atoms with Crippen molar-refractivity contribution in [3.63, 3.8) is 0 Å². The molecule has 4 nitrogen and oxygen atoms in total. The molecule has 0 atom stereocenters. The van der Waals surface area contributed by atoms with Gasteiger partial charge in [-0.3, -0.25) is 0 Å². The minimum Gasteiger partial charge on any atom is -0.479 e. The van der Waals surface area contributed by atoms with Gasteiger partial charge in [0, 0.05) is 10.7 Å². The minimum absolute atomic E-state index is 0.400. The molecule has 0 spiro atoms. The summed E-state index contributed by atoms with van der Waals surface area (Å²) >= 11 is 5.89. The fourth-order valence-electron chi connectivity index (χ4n) is 1.40. The van der Waals surface area contributed by atoms with Crippen molar-refractivity contribution in [2.75, 3.05) is 18.2 Å². The van der Waals surface area contributed by atoms with Crippen LogP contribution in [0, 0.1) is 0 Å². The highest BCUT2D eigenvalue weighted by Gasteiger charge is 2.03. The van der Waals surface area contributed by atoms with E-state index in [-0.39, 0.29) is 0 Å². The number of hydrogen-bond acceptors (Lipinski definition) is 4.